The Balaban J connectivity index is 1.38. The number of methoxy groups -OCH3 is 1. The molecule has 1 fully saturated rings. The number of nitrogens with zero attached hydrogens (tertiary/aromatic N) is 4. The Bertz CT molecular complexity index is 1190. The van der Waals surface area contributed by atoms with Gasteiger partial charge in [0.2, 0.25) is 0 Å². The van der Waals surface area contributed by atoms with E-state index in [9.17, 15) is 0 Å². The van der Waals surface area contributed by atoms with Gasteiger partial charge >= 0.3 is 0 Å². The van der Waals surface area contributed by atoms with Crippen molar-refractivity contribution in [1.29, 1.82) is 0 Å². The number of rotatable bonds is 5. The summed E-state index contributed by atoms with van der Waals surface area (Å²) < 4.78 is 5.68. The van der Waals surface area contributed by atoms with Crippen LogP contribution >= 0.6 is 0 Å². The van der Waals surface area contributed by atoms with Gasteiger partial charge in [0.25, 0.3) is 5.90 Å². The van der Waals surface area contributed by atoms with Crippen LogP contribution in [0.3, 0.4) is 0 Å². The highest BCUT2D eigenvalue weighted by Gasteiger charge is 2.28. The molecule has 0 spiro atoms. The Morgan fingerprint density at radius 2 is 1.68 bits per heavy atom. The van der Waals surface area contributed by atoms with Crippen molar-refractivity contribution in [2.75, 3.05) is 50.3 Å². The number of hydroxylamine groups is 1. The third-order valence-corrected chi connectivity index (χ3v) is 6.65. The van der Waals surface area contributed by atoms with Gasteiger partial charge in [-0.05, 0) is 67.9 Å². The molecule has 176 valence electrons. The van der Waals surface area contributed by atoms with Crippen LogP contribution in [0.2, 0.25) is 0 Å². The number of benzene rings is 3. The minimum absolute atomic E-state index is 0.127. The first kappa shape index (κ1) is 22.3. The maximum Gasteiger partial charge on any atom is 0.251 e. The molecular formula is C28H32N4O2. The van der Waals surface area contributed by atoms with Crippen LogP contribution in [-0.4, -0.2) is 57.3 Å². The number of ether oxygens (including phenoxy) is 1. The molecule has 0 amide bonds. The molecule has 0 bridgehead atoms. The van der Waals surface area contributed by atoms with E-state index in [-0.39, 0.29) is 6.17 Å². The molecule has 1 saturated heterocycles. The van der Waals surface area contributed by atoms with Crippen molar-refractivity contribution < 1.29 is 9.57 Å². The topological polar surface area (TPSA) is 40.5 Å². The summed E-state index contributed by atoms with van der Waals surface area (Å²) in [4.78, 5) is 15.9. The fourth-order valence-corrected chi connectivity index (χ4v) is 4.66. The zero-order valence-electron chi connectivity index (χ0n) is 20.4. The van der Waals surface area contributed by atoms with Crippen molar-refractivity contribution in [2.45, 2.75) is 20.0 Å². The second kappa shape index (κ2) is 9.39. The smallest absolute Gasteiger partial charge is 0.251 e. The number of anilines is 2. The number of aliphatic imine (C=N–C) groups is 1. The zero-order chi connectivity index (χ0) is 23.7. The molecule has 5 rings (SSSR count). The van der Waals surface area contributed by atoms with Crippen molar-refractivity contribution in [3.05, 3.63) is 77.9 Å². The van der Waals surface area contributed by atoms with E-state index in [1.807, 2.05) is 23.3 Å². The second-order valence-corrected chi connectivity index (χ2v) is 9.03. The van der Waals surface area contributed by atoms with Crippen LogP contribution in [0.25, 0.3) is 11.1 Å². The highest BCUT2D eigenvalue weighted by molar-refractivity contribution is 5.97. The van der Waals surface area contributed by atoms with Crippen molar-refractivity contribution in [3.8, 4) is 16.9 Å². The van der Waals surface area contributed by atoms with E-state index in [1.54, 1.807) is 7.11 Å². The SMILES string of the molecule is COc1ccc(N2OC(c3ccc(-c4ccccc4)c(C)c3)=NC2C)cc1N1CCN(C)CC1. The first-order valence-corrected chi connectivity index (χ1v) is 11.9. The van der Waals surface area contributed by atoms with E-state index in [0.717, 1.165) is 48.9 Å². The highest BCUT2D eigenvalue weighted by atomic mass is 16.7. The van der Waals surface area contributed by atoms with Gasteiger partial charge in [0.15, 0.2) is 6.17 Å². The molecule has 1 atom stereocenters. The van der Waals surface area contributed by atoms with E-state index in [2.05, 4.69) is 79.2 Å². The summed E-state index contributed by atoms with van der Waals surface area (Å²) in [5.41, 5.74) is 6.69. The lowest BCUT2D eigenvalue weighted by atomic mass is 9.98. The quantitative estimate of drug-likeness (QED) is 0.542. The lowest BCUT2D eigenvalue weighted by Gasteiger charge is -2.35. The molecule has 0 radical (unpaired) electrons. The Morgan fingerprint density at radius 1 is 0.912 bits per heavy atom. The first-order chi connectivity index (χ1) is 16.5. The Morgan fingerprint density at radius 3 is 2.38 bits per heavy atom. The van der Waals surface area contributed by atoms with E-state index >= 15 is 0 Å². The van der Waals surface area contributed by atoms with Crippen molar-refractivity contribution >= 4 is 17.3 Å². The third-order valence-electron chi connectivity index (χ3n) is 6.65. The molecule has 34 heavy (non-hydrogen) atoms. The molecule has 3 aromatic carbocycles. The summed E-state index contributed by atoms with van der Waals surface area (Å²) >= 11 is 0. The van der Waals surface area contributed by atoms with Crippen molar-refractivity contribution in [1.82, 2.24) is 4.90 Å². The fraction of sp³-hybridized carbons (Fsp3) is 0.321. The summed E-state index contributed by atoms with van der Waals surface area (Å²) in [5.74, 6) is 1.53. The van der Waals surface area contributed by atoms with E-state index in [1.165, 1.54) is 16.7 Å². The molecule has 0 aliphatic carbocycles. The van der Waals surface area contributed by atoms with Gasteiger partial charge in [-0.25, -0.2) is 4.99 Å². The van der Waals surface area contributed by atoms with Gasteiger partial charge in [-0.15, -0.1) is 0 Å². The van der Waals surface area contributed by atoms with Crippen molar-refractivity contribution in [3.63, 3.8) is 0 Å². The van der Waals surface area contributed by atoms with Crippen LogP contribution in [-0.2, 0) is 4.84 Å². The second-order valence-electron chi connectivity index (χ2n) is 9.03. The average molecular weight is 457 g/mol. The van der Waals surface area contributed by atoms with E-state index < -0.39 is 0 Å². The van der Waals surface area contributed by atoms with Gasteiger partial charge < -0.3 is 19.4 Å². The molecule has 3 aromatic rings. The van der Waals surface area contributed by atoms with Gasteiger partial charge in [0.05, 0.1) is 18.5 Å². The summed E-state index contributed by atoms with van der Waals surface area (Å²) in [7, 11) is 3.89. The van der Waals surface area contributed by atoms with Crippen LogP contribution in [0.4, 0.5) is 11.4 Å². The first-order valence-electron chi connectivity index (χ1n) is 11.9. The molecule has 2 aliphatic heterocycles. The zero-order valence-corrected chi connectivity index (χ0v) is 20.4. The standard InChI is InChI=1S/C28H32N4O2/c1-20-18-23(10-12-25(20)22-8-6-5-7-9-22)28-29-21(2)32(34-28)24-11-13-27(33-4)26(19-24)31-16-14-30(3)15-17-31/h5-13,18-19,21H,14-17H2,1-4H3. The lowest BCUT2D eigenvalue weighted by molar-refractivity contribution is 0.273. The normalized spacial score (nSPS) is 18.6. The molecule has 0 aromatic heterocycles. The number of likely N-dealkylation sites (N-methyl/N-ethyl adjacent to an activating group) is 1. The van der Waals surface area contributed by atoms with E-state index in [4.69, 9.17) is 14.6 Å². The molecule has 2 aliphatic rings. The van der Waals surface area contributed by atoms with Crippen LogP contribution in [0, 0.1) is 6.92 Å². The lowest BCUT2D eigenvalue weighted by Crippen LogP contribution is -2.44. The molecular weight excluding hydrogens is 424 g/mol. The largest absolute Gasteiger partial charge is 0.495 e. The van der Waals surface area contributed by atoms with E-state index in [0.29, 0.717) is 5.90 Å². The molecule has 0 N–H and O–H groups in total. The third kappa shape index (κ3) is 4.33. The number of hydrogen-bond acceptors (Lipinski definition) is 6. The fourth-order valence-electron chi connectivity index (χ4n) is 4.66. The molecule has 1 unspecified atom stereocenters. The highest BCUT2D eigenvalue weighted by Crippen LogP contribution is 2.36. The Kier molecular flexibility index (Phi) is 6.16. The van der Waals surface area contributed by atoms with Gasteiger partial charge in [-0.3, -0.25) is 0 Å². The van der Waals surface area contributed by atoms with Gasteiger partial charge in [-0.1, -0.05) is 36.4 Å². The van der Waals surface area contributed by atoms with Crippen LogP contribution in [0.15, 0.2) is 71.7 Å². The Hall–Kier alpha value is -3.51. The minimum Gasteiger partial charge on any atom is -0.495 e. The Labute approximate surface area is 202 Å². The molecule has 2 heterocycles. The summed E-state index contributed by atoms with van der Waals surface area (Å²) in [6.45, 7) is 8.21. The number of piperazine rings is 1. The van der Waals surface area contributed by atoms with Crippen LogP contribution in [0.5, 0.6) is 5.75 Å². The summed E-state index contributed by atoms with van der Waals surface area (Å²) in [5, 5.41) is 1.88. The number of hydrogen-bond donors (Lipinski definition) is 0. The predicted molar refractivity (Wildman–Crippen MR) is 139 cm³/mol. The monoisotopic (exact) mass is 456 g/mol. The van der Waals surface area contributed by atoms with Gasteiger partial charge in [0.1, 0.15) is 5.75 Å². The molecule has 6 nitrogen and oxygen atoms in total. The minimum atomic E-state index is -0.127. The maximum absolute atomic E-state index is 6.30. The van der Waals surface area contributed by atoms with Gasteiger partial charge in [-0.2, -0.15) is 5.06 Å². The van der Waals surface area contributed by atoms with Gasteiger partial charge in [0, 0.05) is 31.7 Å². The predicted octanol–water partition coefficient (Wildman–Crippen LogP) is 4.97. The molecule has 6 heteroatoms. The summed E-state index contributed by atoms with van der Waals surface area (Å²) in [6, 6.07) is 23.1. The van der Waals surface area contributed by atoms with Crippen LogP contribution in [0.1, 0.15) is 18.1 Å². The maximum atomic E-state index is 6.30. The number of aryl methyl sites for hydroxylation is 1. The average Bonchev–Trinajstić information content (AvgIpc) is 3.26. The van der Waals surface area contributed by atoms with Crippen molar-refractivity contribution in [2.24, 2.45) is 4.99 Å². The molecule has 0 saturated carbocycles. The van der Waals surface area contributed by atoms with Crippen LogP contribution < -0.4 is 14.7 Å². The summed E-state index contributed by atoms with van der Waals surface area (Å²) in [6.07, 6.45) is -0.127.